The number of nitrogens with zero attached hydrogens (tertiary/aromatic N) is 5. The van der Waals surface area contributed by atoms with Gasteiger partial charge < -0.3 is 14.9 Å². The van der Waals surface area contributed by atoms with Gasteiger partial charge in [-0.3, -0.25) is 0 Å². The van der Waals surface area contributed by atoms with Crippen LogP contribution >= 0.6 is 0 Å². The third-order valence-corrected chi connectivity index (χ3v) is 4.94. The summed E-state index contributed by atoms with van der Waals surface area (Å²) in [6.45, 7) is 0.567. The molecule has 1 aromatic carbocycles. The van der Waals surface area contributed by atoms with E-state index in [1.165, 1.54) is 25.7 Å². The molecule has 0 bridgehead atoms. The van der Waals surface area contributed by atoms with Crippen LogP contribution in [-0.2, 0) is 6.54 Å². The van der Waals surface area contributed by atoms with E-state index in [0.29, 0.717) is 12.6 Å². The fourth-order valence-electron chi connectivity index (χ4n) is 3.69. The Morgan fingerprint density at radius 1 is 1.12 bits per heavy atom. The molecule has 3 heterocycles. The smallest absolute Gasteiger partial charge is 0.165 e. The molecule has 4 aromatic rings. The number of nitrogens with one attached hydrogen (secondary N) is 2. The SMILES string of the molecule is c1ccc2[nH]c(CNc3ncnc4c3ncn4C3CCCC3)nc2c1. The van der Waals surface area contributed by atoms with Crippen LogP contribution in [0.3, 0.4) is 0 Å². The van der Waals surface area contributed by atoms with Gasteiger partial charge in [0.2, 0.25) is 0 Å². The van der Waals surface area contributed by atoms with Crippen molar-refractivity contribution in [2.75, 3.05) is 5.32 Å². The van der Waals surface area contributed by atoms with E-state index in [0.717, 1.165) is 33.8 Å². The van der Waals surface area contributed by atoms with Gasteiger partial charge in [-0.25, -0.2) is 19.9 Å². The minimum absolute atomic E-state index is 0.517. The summed E-state index contributed by atoms with van der Waals surface area (Å²) in [5.74, 6) is 1.63. The number of aromatic nitrogens is 6. The van der Waals surface area contributed by atoms with Gasteiger partial charge in [-0.1, -0.05) is 25.0 Å². The number of fused-ring (bicyclic) bond motifs is 2. The fraction of sp³-hybridized carbons (Fsp3) is 0.333. The number of imidazole rings is 2. The maximum atomic E-state index is 4.59. The Balaban J connectivity index is 1.42. The van der Waals surface area contributed by atoms with E-state index in [4.69, 9.17) is 0 Å². The van der Waals surface area contributed by atoms with E-state index in [9.17, 15) is 0 Å². The number of hydrogen-bond acceptors (Lipinski definition) is 5. The molecule has 0 radical (unpaired) electrons. The summed E-state index contributed by atoms with van der Waals surface area (Å²) in [6.07, 6.45) is 8.49. The van der Waals surface area contributed by atoms with Crippen molar-refractivity contribution in [2.24, 2.45) is 0 Å². The summed E-state index contributed by atoms with van der Waals surface area (Å²) in [4.78, 5) is 21.3. The first-order valence-electron chi connectivity index (χ1n) is 8.73. The van der Waals surface area contributed by atoms with E-state index in [-0.39, 0.29) is 0 Å². The highest BCUT2D eigenvalue weighted by Crippen LogP contribution is 2.32. The van der Waals surface area contributed by atoms with Gasteiger partial charge in [0.1, 0.15) is 17.7 Å². The third kappa shape index (κ3) is 2.52. The molecule has 0 unspecified atom stereocenters. The van der Waals surface area contributed by atoms with Gasteiger partial charge in [0.15, 0.2) is 11.5 Å². The average molecular weight is 333 g/mol. The van der Waals surface area contributed by atoms with Crippen LogP contribution < -0.4 is 5.32 Å². The topological polar surface area (TPSA) is 84.3 Å². The highest BCUT2D eigenvalue weighted by Gasteiger charge is 2.20. The van der Waals surface area contributed by atoms with Gasteiger partial charge in [0, 0.05) is 6.04 Å². The van der Waals surface area contributed by atoms with Crippen LogP contribution in [-0.4, -0.2) is 29.5 Å². The lowest BCUT2D eigenvalue weighted by atomic mass is 10.2. The third-order valence-electron chi connectivity index (χ3n) is 4.94. The lowest BCUT2D eigenvalue weighted by Gasteiger charge is -2.11. The minimum atomic E-state index is 0.517. The molecular formula is C18H19N7. The second-order valence-electron chi connectivity index (χ2n) is 6.54. The number of hydrogen-bond donors (Lipinski definition) is 2. The molecule has 1 aliphatic rings. The van der Waals surface area contributed by atoms with Gasteiger partial charge in [0.25, 0.3) is 0 Å². The molecular weight excluding hydrogens is 314 g/mol. The van der Waals surface area contributed by atoms with Crippen molar-refractivity contribution in [3.05, 3.63) is 42.7 Å². The molecule has 0 saturated heterocycles. The van der Waals surface area contributed by atoms with Crippen molar-refractivity contribution in [3.8, 4) is 0 Å². The molecule has 2 N–H and O–H groups in total. The second-order valence-corrected chi connectivity index (χ2v) is 6.54. The van der Waals surface area contributed by atoms with Crippen LogP contribution in [0.15, 0.2) is 36.9 Å². The molecule has 7 heteroatoms. The molecule has 3 aromatic heterocycles. The molecule has 1 aliphatic carbocycles. The largest absolute Gasteiger partial charge is 0.361 e. The molecule has 0 atom stereocenters. The van der Waals surface area contributed by atoms with E-state index in [2.05, 4.69) is 34.8 Å². The van der Waals surface area contributed by atoms with Crippen LogP contribution in [0.4, 0.5) is 5.82 Å². The Kier molecular flexibility index (Phi) is 3.36. The number of benzene rings is 1. The standard InChI is InChI=1S/C18H19N7/c1-2-6-12(5-1)25-11-22-16-17(20-10-21-18(16)25)19-9-15-23-13-7-3-4-8-14(13)24-15/h3-4,7-8,10-12H,1-2,5-6,9H2,(H,23,24)(H,19,20,21). The lowest BCUT2D eigenvalue weighted by Crippen LogP contribution is -2.06. The van der Waals surface area contributed by atoms with Crippen molar-refractivity contribution in [1.82, 2.24) is 29.5 Å². The highest BCUT2D eigenvalue weighted by atomic mass is 15.2. The Morgan fingerprint density at radius 3 is 2.88 bits per heavy atom. The van der Waals surface area contributed by atoms with Crippen LogP contribution in [0.5, 0.6) is 0 Å². The maximum Gasteiger partial charge on any atom is 0.165 e. The van der Waals surface area contributed by atoms with Gasteiger partial charge in [-0.2, -0.15) is 0 Å². The lowest BCUT2D eigenvalue weighted by molar-refractivity contribution is 0.529. The first-order chi connectivity index (χ1) is 12.4. The van der Waals surface area contributed by atoms with Gasteiger partial charge >= 0.3 is 0 Å². The Hall–Kier alpha value is -2.96. The Bertz CT molecular complexity index is 993. The molecule has 0 aliphatic heterocycles. The zero-order valence-electron chi connectivity index (χ0n) is 13.8. The normalized spacial score (nSPS) is 15.4. The summed E-state index contributed by atoms with van der Waals surface area (Å²) in [7, 11) is 0. The Morgan fingerprint density at radius 2 is 2.00 bits per heavy atom. The van der Waals surface area contributed by atoms with Gasteiger partial charge in [-0.15, -0.1) is 0 Å². The van der Waals surface area contributed by atoms with E-state index in [1.807, 2.05) is 30.6 Å². The predicted octanol–water partition coefficient (Wildman–Crippen LogP) is 3.43. The first-order valence-corrected chi connectivity index (χ1v) is 8.73. The van der Waals surface area contributed by atoms with Crippen LogP contribution in [0.25, 0.3) is 22.2 Å². The summed E-state index contributed by atoms with van der Waals surface area (Å²) in [5, 5.41) is 3.35. The maximum absolute atomic E-state index is 4.59. The molecule has 1 fully saturated rings. The van der Waals surface area contributed by atoms with E-state index < -0.39 is 0 Å². The molecule has 0 spiro atoms. The van der Waals surface area contributed by atoms with Crippen molar-refractivity contribution in [1.29, 1.82) is 0 Å². The van der Waals surface area contributed by atoms with E-state index in [1.54, 1.807) is 6.33 Å². The Labute approximate surface area is 144 Å². The molecule has 0 amide bonds. The van der Waals surface area contributed by atoms with Crippen LogP contribution in [0.2, 0.25) is 0 Å². The summed E-state index contributed by atoms with van der Waals surface area (Å²) >= 11 is 0. The van der Waals surface area contributed by atoms with Crippen molar-refractivity contribution in [2.45, 2.75) is 38.3 Å². The molecule has 7 nitrogen and oxygen atoms in total. The molecule has 126 valence electrons. The molecule has 5 rings (SSSR count). The summed E-state index contributed by atoms with van der Waals surface area (Å²) < 4.78 is 2.20. The monoisotopic (exact) mass is 333 g/mol. The highest BCUT2D eigenvalue weighted by molar-refractivity contribution is 5.82. The van der Waals surface area contributed by atoms with E-state index >= 15 is 0 Å². The van der Waals surface area contributed by atoms with Crippen LogP contribution in [0, 0.1) is 0 Å². The van der Waals surface area contributed by atoms with Crippen molar-refractivity contribution >= 4 is 28.0 Å². The number of H-pyrrole nitrogens is 1. The second kappa shape index (κ2) is 5.84. The first kappa shape index (κ1) is 14.4. The zero-order chi connectivity index (χ0) is 16.6. The van der Waals surface area contributed by atoms with Crippen molar-refractivity contribution < 1.29 is 0 Å². The molecule has 1 saturated carbocycles. The number of rotatable bonds is 4. The van der Waals surface area contributed by atoms with Crippen molar-refractivity contribution in [3.63, 3.8) is 0 Å². The van der Waals surface area contributed by atoms with Gasteiger partial charge in [0.05, 0.1) is 23.9 Å². The zero-order valence-corrected chi connectivity index (χ0v) is 13.8. The predicted molar refractivity (Wildman–Crippen MR) is 96.2 cm³/mol. The fourth-order valence-corrected chi connectivity index (χ4v) is 3.69. The number of para-hydroxylation sites is 2. The minimum Gasteiger partial charge on any atom is -0.361 e. The number of anilines is 1. The quantitative estimate of drug-likeness (QED) is 0.598. The number of aromatic amines is 1. The summed E-state index contributed by atoms with van der Waals surface area (Å²) in [5.41, 5.74) is 3.75. The average Bonchev–Trinajstić information content (AvgIpc) is 3.37. The van der Waals surface area contributed by atoms with Crippen LogP contribution in [0.1, 0.15) is 37.5 Å². The summed E-state index contributed by atoms with van der Waals surface area (Å²) in [6, 6.07) is 8.54. The molecule has 25 heavy (non-hydrogen) atoms. The van der Waals surface area contributed by atoms with Gasteiger partial charge in [-0.05, 0) is 25.0 Å².